The monoisotopic (exact) mass is 139 g/mol. The first-order chi connectivity index (χ1) is 3.80. The van der Waals surface area contributed by atoms with Crippen LogP contribution in [0, 0.1) is 0 Å². The van der Waals surface area contributed by atoms with Crippen LogP contribution in [-0.4, -0.2) is 23.7 Å². The minimum Gasteiger partial charge on any atom is -1.00 e. The molecule has 0 spiro atoms. The van der Waals surface area contributed by atoms with Gasteiger partial charge >= 0.3 is 35.5 Å². The van der Waals surface area contributed by atoms with Crippen LogP contribution in [0.3, 0.4) is 0 Å². The summed E-state index contributed by atoms with van der Waals surface area (Å²) in [6.07, 6.45) is 1.78. The van der Waals surface area contributed by atoms with Crippen molar-refractivity contribution in [2.75, 3.05) is 6.54 Å². The minimum atomic E-state index is -0.720. The second kappa shape index (κ2) is 4.28. The summed E-state index contributed by atoms with van der Waals surface area (Å²) in [6.45, 7) is 0.858. The van der Waals surface area contributed by atoms with Crippen LogP contribution in [0.25, 0.3) is 0 Å². The zero-order chi connectivity index (χ0) is 5.98. The van der Waals surface area contributed by atoms with E-state index < -0.39 is 5.97 Å². The molecule has 9 heavy (non-hydrogen) atoms. The van der Waals surface area contributed by atoms with Crippen LogP contribution in [0.5, 0.6) is 0 Å². The fourth-order valence-electron chi connectivity index (χ4n) is 0.895. The van der Waals surface area contributed by atoms with Gasteiger partial charge in [-0.3, -0.25) is 4.79 Å². The van der Waals surface area contributed by atoms with E-state index in [0.29, 0.717) is 0 Å². The van der Waals surface area contributed by atoms with Crippen molar-refractivity contribution in [2.45, 2.75) is 18.9 Å². The number of carbonyl (C=O) groups is 1. The molecule has 0 unspecified atom stereocenters. The first-order valence-corrected chi connectivity index (χ1v) is 2.77. The van der Waals surface area contributed by atoms with Crippen molar-refractivity contribution in [3.8, 4) is 0 Å². The Labute approximate surface area is 77.6 Å². The van der Waals surface area contributed by atoms with Gasteiger partial charge in [0.05, 0.1) is 0 Å². The molecule has 0 bridgehead atoms. The summed E-state index contributed by atoms with van der Waals surface area (Å²) in [4.78, 5) is 10.1. The van der Waals surface area contributed by atoms with Crippen LogP contribution in [0.1, 0.15) is 14.3 Å². The van der Waals surface area contributed by atoms with E-state index in [9.17, 15) is 4.79 Å². The van der Waals surface area contributed by atoms with Gasteiger partial charge in [-0.1, -0.05) is 0 Å². The van der Waals surface area contributed by atoms with E-state index in [1.54, 1.807) is 0 Å². The molecule has 0 saturated carbocycles. The Kier molecular flexibility index (Phi) is 4.48. The van der Waals surface area contributed by atoms with E-state index in [4.69, 9.17) is 5.11 Å². The summed E-state index contributed by atoms with van der Waals surface area (Å²) in [6, 6.07) is -0.269. The van der Waals surface area contributed by atoms with Gasteiger partial charge in [0.2, 0.25) is 0 Å². The standard InChI is InChI=1S/C5H9NO2.Na.H/c7-5(8)4-2-1-3-6-4;;/h4,6H,1-3H2,(H,7,8);;/q;+1;-1/t4-;;/m0../s1. The third-order valence-electron chi connectivity index (χ3n) is 1.36. The number of hydrogen-bond donors (Lipinski definition) is 2. The first kappa shape index (κ1) is 9.43. The molecular weight excluding hydrogens is 129 g/mol. The Morgan fingerprint density at radius 2 is 2.44 bits per heavy atom. The zero-order valence-corrected chi connectivity index (χ0v) is 7.55. The van der Waals surface area contributed by atoms with E-state index in [1.165, 1.54) is 0 Å². The summed E-state index contributed by atoms with van der Waals surface area (Å²) in [5.41, 5.74) is 0. The summed E-state index contributed by atoms with van der Waals surface area (Å²) in [5, 5.41) is 11.2. The quantitative estimate of drug-likeness (QED) is 0.379. The molecule has 1 rings (SSSR count). The molecule has 3 nitrogen and oxygen atoms in total. The second-order valence-corrected chi connectivity index (χ2v) is 1.99. The number of nitrogens with one attached hydrogen (secondary N) is 1. The fourth-order valence-corrected chi connectivity index (χ4v) is 0.895. The Morgan fingerprint density at radius 1 is 1.78 bits per heavy atom. The molecule has 0 aromatic rings. The van der Waals surface area contributed by atoms with Crippen LogP contribution in [0.15, 0.2) is 0 Å². The molecule has 0 aromatic heterocycles. The van der Waals surface area contributed by atoms with Gasteiger partial charge in [-0.15, -0.1) is 0 Å². The van der Waals surface area contributed by atoms with Crippen LogP contribution in [0.4, 0.5) is 0 Å². The summed E-state index contributed by atoms with van der Waals surface area (Å²) < 4.78 is 0. The van der Waals surface area contributed by atoms with Gasteiger partial charge in [-0.2, -0.15) is 0 Å². The average Bonchev–Trinajstić information content (AvgIpc) is 2.12. The van der Waals surface area contributed by atoms with E-state index in [-0.39, 0.29) is 37.0 Å². The molecule has 1 heterocycles. The number of carboxylic acid groups (broad SMARTS) is 1. The molecule has 1 aliphatic heterocycles. The maximum Gasteiger partial charge on any atom is 1.00 e. The van der Waals surface area contributed by atoms with Gasteiger partial charge in [0.25, 0.3) is 0 Å². The third-order valence-corrected chi connectivity index (χ3v) is 1.36. The largest absolute Gasteiger partial charge is 1.00 e. The zero-order valence-electron chi connectivity index (χ0n) is 6.55. The van der Waals surface area contributed by atoms with Crippen molar-refractivity contribution in [1.82, 2.24) is 5.32 Å². The van der Waals surface area contributed by atoms with Gasteiger partial charge in [-0.05, 0) is 19.4 Å². The molecule has 1 fully saturated rings. The molecule has 1 aliphatic rings. The van der Waals surface area contributed by atoms with Gasteiger partial charge in [-0.25, -0.2) is 0 Å². The van der Waals surface area contributed by atoms with Crippen LogP contribution >= 0.6 is 0 Å². The van der Waals surface area contributed by atoms with Crippen molar-refractivity contribution in [1.29, 1.82) is 0 Å². The average molecular weight is 139 g/mol. The molecule has 0 aliphatic carbocycles. The summed E-state index contributed by atoms with van der Waals surface area (Å²) in [7, 11) is 0. The smallest absolute Gasteiger partial charge is 1.00 e. The summed E-state index contributed by atoms with van der Waals surface area (Å²) >= 11 is 0. The number of hydrogen-bond acceptors (Lipinski definition) is 2. The van der Waals surface area contributed by atoms with Crippen LogP contribution in [0.2, 0.25) is 0 Å². The van der Waals surface area contributed by atoms with Crippen molar-refractivity contribution < 1.29 is 40.9 Å². The molecule has 0 amide bonds. The topological polar surface area (TPSA) is 49.3 Å². The molecule has 4 heteroatoms. The van der Waals surface area contributed by atoms with Crippen LogP contribution < -0.4 is 34.9 Å². The van der Waals surface area contributed by atoms with E-state index in [1.807, 2.05) is 0 Å². The van der Waals surface area contributed by atoms with Crippen molar-refractivity contribution in [2.24, 2.45) is 0 Å². The van der Waals surface area contributed by atoms with Gasteiger partial charge < -0.3 is 11.8 Å². The molecular formula is C5H10NNaO2. The Bertz CT molecular complexity index is 106. The van der Waals surface area contributed by atoms with Crippen molar-refractivity contribution in [3.63, 3.8) is 0 Å². The van der Waals surface area contributed by atoms with Crippen molar-refractivity contribution in [3.05, 3.63) is 0 Å². The molecule has 48 valence electrons. The fraction of sp³-hybridized carbons (Fsp3) is 0.800. The second-order valence-electron chi connectivity index (χ2n) is 1.99. The van der Waals surface area contributed by atoms with E-state index >= 15 is 0 Å². The maximum absolute atomic E-state index is 10.1. The van der Waals surface area contributed by atoms with Gasteiger partial charge in [0, 0.05) is 0 Å². The van der Waals surface area contributed by atoms with Gasteiger partial charge in [0.15, 0.2) is 0 Å². The number of aliphatic carboxylic acids is 1. The molecule has 1 saturated heterocycles. The van der Waals surface area contributed by atoms with Gasteiger partial charge in [0.1, 0.15) is 6.04 Å². The Balaban J connectivity index is 0. The maximum atomic E-state index is 10.1. The van der Waals surface area contributed by atoms with Crippen LogP contribution in [-0.2, 0) is 4.79 Å². The predicted molar refractivity (Wildman–Crippen MR) is 29.8 cm³/mol. The third kappa shape index (κ3) is 2.67. The first-order valence-electron chi connectivity index (χ1n) is 2.77. The molecule has 2 N–H and O–H groups in total. The normalized spacial score (nSPS) is 25.1. The van der Waals surface area contributed by atoms with E-state index in [0.717, 1.165) is 19.4 Å². The molecule has 1 atom stereocenters. The molecule has 0 aromatic carbocycles. The minimum absolute atomic E-state index is 0. The van der Waals surface area contributed by atoms with E-state index in [2.05, 4.69) is 5.32 Å². The predicted octanol–water partition coefficient (Wildman–Crippen LogP) is -3.06. The number of rotatable bonds is 1. The molecule has 0 radical (unpaired) electrons. The van der Waals surface area contributed by atoms with Crippen molar-refractivity contribution >= 4 is 5.97 Å². The Hall–Kier alpha value is 0.430. The summed E-state index contributed by atoms with van der Waals surface area (Å²) in [5.74, 6) is -0.720. The number of carboxylic acids is 1. The Morgan fingerprint density at radius 3 is 2.67 bits per heavy atom. The SMILES string of the molecule is O=C(O)[C@@H]1CCCN1.[H-].[Na+].